The van der Waals surface area contributed by atoms with Gasteiger partial charge in [0, 0.05) is 35.3 Å². The van der Waals surface area contributed by atoms with Crippen molar-refractivity contribution in [1.82, 2.24) is 4.57 Å². The third-order valence-electron chi connectivity index (χ3n) is 6.35. The Labute approximate surface area is 200 Å². The van der Waals surface area contributed by atoms with Crippen LogP contribution in [0.4, 0.5) is 18.9 Å². The van der Waals surface area contributed by atoms with Crippen molar-refractivity contribution in [1.29, 1.82) is 0 Å². The van der Waals surface area contributed by atoms with Crippen molar-refractivity contribution in [2.24, 2.45) is 5.10 Å². The molecule has 0 spiro atoms. The number of hydrazone groups is 1. The Morgan fingerprint density at radius 1 is 0.886 bits per heavy atom. The molecule has 0 saturated carbocycles. The summed E-state index contributed by atoms with van der Waals surface area (Å²) in [6, 6.07) is 17.2. The maximum Gasteiger partial charge on any atom is 0.280 e. The number of para-hydroxylation sites is 1. The molecule has 1 amide bonds. The van der Waals surface area contributed by atoms with Crippen molar-refractivity contribution < 1.29 is 18.0 Å². The first-order valence-electron chi connectivity index (χ1n) is 11.1. The summed E-state index contributed by atoms with van der Waals surface area (Å²) in [6.45, 7) is 6.32. The summed E-state index contributed by atoms with van der Waals surface area (Å²) in [5.41, 5.74) is 5.30. The van der Waals surface area contributed by atoms with Crippen LogP contribution in [0.2, 0.25) is 0 Å². The summed E-state index contributed by atoms with van der Waals surface area (Å²) in [4.78, 5) is 13.2. The van der Waals surface area contributed by atoms with Crippen molar-refractivity contribution in [2.75, 3.05) is 5.01 Å². The zero-order valence-corrected chi connectivity index (χ0v) is 19.4. The van der Waals surface area contributed by atoms with Crippen LogP contribution in [0.1, 0.15) is 29.3 Å². The number of amides is 1. The van der Waals surface area contributed by atoms with E-state index in [-0.39, 0.29) is 5.57 Å². The predicted molar refractivity (Wildman–Crippen MR) is 132 cm³/mol. The largest absolute Gasteiger partial charge is 0.340 e. The molecule has 0 radical (unpaired) electrons. The molecule has 2 heterocycles. The number of rotatable bonds is 4. The number of benzene rings is 3. The molecule has 0 atom stereocenters. The van der Waals surface area contributed by atoms with Gasteiger partial charge in [0.25, 0.3) is 5.91 Å². The Kier molecular flexibility index (Phi) is 5.55. The minimum absolute atomic E-state index is 0.262. The normalized spacial score (nSPS) is 14.9. The fraction of sp³-hybridized carbons (Fsp3) is 0.143. The monoisotopic (exact) mass is 473 g/mol. The van der Waals surface area contributed by atoms with E-state index in [1.807, 2.05) is 50.2 Å². The first kappa shape index (κ1) is 22.7. The van der Waals surface area contributed by atoms with Crippen molar-refractivity contribution in [3.63, 3.8) is 0 Å². The average molecular weight is 473 g/mol. The maximum absolute atomic E-state index is 14.4. The van der Waals surface area contributed by atoms with E-state index < -0.39 is 29.0 Å². The Morgan fingerprint density at radius 2 is 1.60 bits per heavy atom. The van der Waals surface area contributed by atoms with Gasteiger partial charge in [-0.15, -0.1) is 0 Å². The van der Waals surface area contributed by atoms with Crippen LogP contribution in [-0.4, -0.2) is 16.2 Å². The number of hydrogen-bond acceptors (Lipinski definition) is 2. The Morgan fingerprint density at radius 3 is 2.34 bits per heavy atom. The van der Waals surface area contributed by atoms with Gasteiger partial charge in [-0.1, -0.05) is 48.5 Å². The number of aromatic nitrogens is 1. The Balaban J connectivity index is 1.62. The van der Waals surface area contributed by atoms with Crippen LogP contribution in [-0.2, 0) is 11.3 Å². The number of hydrogen-bond donors (Lipinski definition) is 0. The SMILES string of the molecule is CC1=NN(c2cc(F)c(F)cc2F)C(=O)/C1=C/c1c(C)n(Cc2ccccc2)c2c(C)cccc12. The third-order valence-corrected chi connectivity index (χ3v) is 6.35. The smallest absolute Gasteiger partial charge is 0.280 e. The summed E-state index contributed by atoms with van der Waals surface area (Å²) in [5.74, 6) is -4.26. The molecular formula is C28H22F3N3O. The third kappa shape index (κ3) is 3.83. The van der Waals surface area contributed by atoms with Crippen LogP contribution in [0.3, 0.4) is 0 Å². The molecule has 0 saturated heterocycles. The lowest BCUT2D eigenvalue weighted by atomic mass is 10.0. The van der Waals surface area contributed by atoms with E-state index in [9.17, 15) is 18.0 Å². The van der Waals surface area contributed by atoms with Crippen LogP contribution < -0.4 is 5.01 Å². The second-order valence-corrected chi connectivity index (χ2v) is 8.62. The van der Waals surface area contributed by atoms with E-state index in [1.54, 1.807) is 13.0 Å². The highest BCUT2D eigenvalue weighted by atomic mass is 19.2. The molecule has 0 fully saturated rings. The molecular weight excluding hydrogens is 451 g/mol. The summed E-state index contributed by atoms with van der Waals surface area (Å²) in [6.07, 6.45) is 1.75. The molecule has 0 bridgehead atoms. The quantitative estimate of drug-likeness (QED) is 0.245. The van der Waals surface area contributed by atoms with E-state index in [4.69, 9.17) is 0 Å². The van der Waals surface area contributed by atoms with Crippen LogP contribution in [0, 0.1) is 31.3 Å². The first-order chi connectivity index (χ1) is 16.8. The van der Waals surface area contributed by atoms with E-state index in [1.165, 1.54) is 0 Å². The molecule has 4 aromatic rings. The number of nitrogens with zero attached hydrogens (tertiary/aromatic N) is 3. The molecule has 1 aliphatic rings. The van der Waals surface area contributed by atoms with Crippen molar-refractivity contribution in [2.45, 2.75) is 27.3 Å². The molecule has 176 valence electrons. The molecule has 0 aliphatic carbocycles. The molecule has 1 aromatic heterocycles. The molecule has 7 heteroatoms. The minimum Gasteiger partial charge on any atom is -0.340 e. The number of carbonyl (C=O) groups is 1. The molecule has 3 aromatic carbocycles. The van der Waals surface area contributed by atoms with Gasteiger partial charge in [0.2, 0.25) is 0 Å². The van der Waals surface area contributed by atoms with Gasteiger partial charge in [0.05, 0.1) is 16.8 Å². The van der Waals surface area contributed by atoms with Gasteiger partial charge in [-0.25, -0.2) is 13.2 Å². The summed E-state index contributed by atoms with van der Waals surface area (Å²) in [5, 5.41) is 5.90. The lowest BCUT2D eigenvalue weighted by molar-refractivity contribution is -0.114. The second kappa shape index (κ2) is 8.58. The Bertz CT molecular complexity index is 1550. The predicted octanol–water partition coefficient (Wildman–Crippen LogP) is 6.53. The van der Waals surface area contributed by atoms with E-state index in [0.29, 0.717) is 24.4 Å². The van der Waals surface area contributed by atoms with Gasteiger partial charge in [0.1, 0.15) is 5.69 Å². The average Bonchev–Trinajstić information content (AvgIpc) is 3.26. The lowest BCUT2D eigenvalue weighted by Crippen LogP contribution is -2.22. The molecule has 0 unspecified atom stereocenters. The van der Waals surface area contributed by atoms with Gasteiger partial charge in [-0.3, -0.25) is 4.79 Å². The number of aryl methyl sites for hydroxylation is 1. The molecule has 5 rings (SSSR count). The standard InChI is InChI=1S/C28H22F3N3O/c1-16-8-7-11-20-22(18(3)33(27(16)20)15-19-9-5-4-6-10-19)12-21-17(2)32-34(28(21)35)26-14-24(30)23(29)13-25(26)31/h4-14H,15H2,1-3H3/b21-12+. The highest BCUT2D eigenvalue weighted by Crippen LogP contribution is 2.34. The van der Waals surface area contributed by atoms with Gasteiger partial charge >= 0.3 is 0 Å². The number of anilines is 1. The summed E-state index contributed by atoms with van der Waals surface area (Å²) in [7, 11) is 0. The van der Waals surface area contributed by atoms with E-state index >= 15 is 0 Å². The highest BCUT2D eigenvalue weighted by Gasteiger charge is 2.32. The van der Waals surface area contributed by atoms with Crippen LogP contribution >= 0.6 is 0 Å². The van der Waals surface area contributed by atoms with E-state index in [2.05, 4.69) is 21.8 Å². The van der Waals surface area contributed by atoms with Gasteiger partial charge in [-0.05, 0) is 38.0 Å². The molecule has 0 N–H and O–H groups in total. The van der Waals surface area contributed by atoms with Gasteiger partial charge < -0.3 is 4.57 Å². The zero-order chi connectivity index (χ0) is 24.9. The van der Waals surface area contributed by atoms with E-state index in [0.717, 1.165) is 38.3 Å². The van der Waals surface area contributed by atoms with Crippen LogP contribution in [0.15, 0.2) is 71.3 Å². The summed E-state index contributed by atoms with van der Waals surface area (Å²) >= 11 is 0. The van der Waals surface area contributed by atoms with Gasteiger partial charge in [-0.2, -0.15) is 10.1 Å². The fourth-order valence-corrected chi connectivity index (χ4v) is 4.55. The molecule has 1 aliphatic heterocycles. The van der Waals surface area contributed by atoms with Gasteiger partial charge in [0.15, 0.2) is 17.5 Å². The van der Waals surface area contributed by atoms with Crippen molar-refractivity contribution in [3.8, 4) is 0 Å². The highest BCUT2D eigenvalue weighted by molar-refractivity contribution is 6.32. The number of fused-ring (bicyclic) bond motifs is 1. The number of halogens is 3. The number of carbonyl (C=O) groups excluding carboxylic acids is 1. The summed E-state index contributed by atoms with van der Waals surface area (Å²) < 4.78 is 43.8. The zero-order valence-electron chi connectivity index (χ0n) is 19.4. The van der Waals surface area contributed by atoms with Crippen LogP contribution in [0.5, 0.6) is 0 Å². The maximum atomic E-state index is 14.4. The molecule has 35 heavy (non-hydrogen) atoms. The second-order valence-electron chi connectivity index (χ2n) is 8.62. The molecule has 4 nitrogen and oxygen atoms in total. The van der Waals surface area contributed by atoms with Crippen LogP contribution in [0.25, 0.3) is 17.0 Å². The van der Waals surface area contributed by atoms with Crippen molar-refractivity contribution >= 4 is 34.3 Å². The Hall–Kier alpha value is -4.13. The van der Waals surface area contributed by atoms with Crippen molar-refractivity contribution in [3.05, 3.63) is 106 Å². The fourth-order valence-electron chi connectivity index (χ4n) is 4.55. The minimum atomic E-state index is -1.33. The topological polar surface area (TPSA) is 37.6 Å². The first-order valence-corrected chi connectivity index (χ1v) is 11.1. The lowest BCUT2D eigenvalue weighted by Gasteiger charge is -2.13.